The number of allylic oxidation sites excluding steroid dienone is 10. The van der Waals surface area contributed by atoms with Crippen molar-refractivity contribution in [1.29, 1.82) is 0 Å². The lowest BCUT2D eigenvalue weighted by molar-refractivity contribution is -0.870. The van der Waals surface area contributed by atoms with Gasteiger partial charge in [0.05, 0.1) is 27.7 Å². The van der Waals surface area contributed by atoms with Gasteiger partial charge in [-0.25, -0.2) is 0 Å². The number of ether oxygens (including phenoxy) is 2. The Morgan fingerprint density at radius 1 is 0.471 bits per heavy atom. The summed E-state index contributed by atoms with van der Waals surface area (Å²) in [6.45, 7) is 4.13. The van der Waals surface area contributed by atoms with Crippen LogP contribution >= 0.6 is 7.82 Å². The summed E-state index contributed by atoms with van der Waals surface area (Å²) in [6, 6.07) is 0. The van der Waals surface area contributed by atoms with Crippen LogP contribution in [0.2, 0.25) is 0 Å². The third kappa shape index (κ3) is 53.1. The molecule has 2 unspecified atom stereocenters. The van der Waals surface area contributed by atoms with Crippen molar-refractivity contribution in [3.63, 3.8) is 0 Å². The van der Waals surface area contributed by atoms with E-state index in [1.54, 1.807) is 0 Å². The van der Waals surface area contributed by atoms with Crippen molar-refractivity contribution in [2.75, 3.05) is 47.5 Å². The number of esters is 2. The van der Waals surface area contributed by atoms with E-state index in [1.807, 2.05) is 21.1 Å². The molecule has 68 heavy (non-hydrogen) atoms. The highest BCUT2D eigenvalue weighted by molar-refractivity contribution is 7.45. The van der Waals surface area contributed by atoms with Crippen LogP contribution in [0.5, 0.6) is 0 Å². The number of rotatable bonds is 51. The van der Waals surface area contributed by atoms with Crippen molar-refractivity contribution in [3.05, 3.63) is 60.8 Å². The van der Waals surface area contributed by atoms with E-state index in [0.29, 0.717) is 17.4 Å². The summed E-state index contributed by atoms with van der Waals surface area (Å²) in [5.74, 6) is -0.827. The molecule has 0 N–H and O–H groups in total. The van der Waals surface area contributed by atoms with Crippen LogP contribution in [0.3, 0.4) is 0 Å². The predicted molar refractivity (Wildman–Crippen MR) is 287 cm³/mol. The molecule has 0 radical (unpaired) electrons. The first-order chi connectivity index (χ1) is 33.0. The van der Waals surface area contributed by atoms with Crippen LogP contribution in [-0.4, -0.2) is 70.0 Å². The van der Waals surface area contributed by atoms with Gasteiger partial charge in [-0.15, -0.1) is 0 Å². The van der Waals surface area contributed by atoms with Gasteiger partial charge in [-0.3, -0.25) is 14.2 Å². The number of nitrogens with zero attached hydrogens (tertiary/aromatic N) is 1. The minimum atomic E-state index is -4.63. The Morgan fingerprint density at radius 3 is 1.25 bits per heavy atom. The molecule has 0 amide bonds. The summed E-state index contributed by atoms with van der Waals surface area (Å²) >= 11 is 0. The summed E-state index contributed by atoms with van der Waals surface area (Å²) < 4.78 is 34.0. The molecule has 0 aromatic rings. The molecular weight excluding hydrogens is 870 g/mol. The van der Waals surface area contributed by atoms with Crippen LogP contribution in [0.1, 0.15) is 245 Å². The summed E-state index contributed by atoms with van der Waals surface area (Å²) in [4.78, 5) is 37.7. The second kappa shape index (κ2) is 49.7. The Kier molecular flexibility index (Phi) is 48.0. The zero-order valence-electron chi connectivity index (χ0n) is 44.8. The van der Waals surface area contributed by atoms with E-state index in [9.17, 15) is 19.0 Å². The highest BCUT2D eigenvalue weighted by atomic mass is 31.2. The van der Waals surface area contributed by atoms with E-state index in [2.05, 4.69) is 74.6 Å². The first-order valence-electron chi connectivity index (χ1n) is 28.0. The maximum absolute atomic E-state index is 12.8. The maximum atomic E-state index is 12.8. The van der Waals surface area contributed by atoms with Gasteiger partial charge in [0, 0.05) is 12.8 Å². The molecule has 0 spiro atoms. The Hall–Kier alpha value is -2.29. The van der Waals surface area contributed by atoms with E-state index in [0.717, 1.165) is 70.6 Å². The first kappa shape index (κ1) is 65.7. The van der Waals surface area contributed by atoms with E-state index < -0.39 is 26.5 Å². The lowest BCUT2D eigenvalue weighted by Gasteiger charge is -2.28. The summed E-state index contributed by atoms with van der Waals surface area (Å²) in [7, 11) is 1.17. The number of quaternary nitrogens is 1. The van der Waals surface area contributed by atoms with Crippen LogP contribution in [0.15, 0.2) is 60.8 Å². The number of phosphoric ester groups is 1. The van der Waals surface area contributed by atoms with Crippen molar-refractivity contribution in [2.45, 2.75) is 251 Å². The summed E-state index contributed by atoms with van der Waals surface area (Å²) in [5, 5.41) is 0. The Bertz CT molecular complexity index is 1340. The quantitative estimate of drug-likeness (QED) is 0.0195. The number of likely N-dealkylation sites (N-methyl/N-ethyl adjacent to an activating group) is 1. The lowest BCUT2D eigenvalue weighted by atomic mass is 10.0. The molecule has 10 heteroatoms. The van der Waals surface area contributed by atoms with Crippen LogP contribution in [0.25, 0.3) is 0 Å². The normalized spacial score (nSPS) is 13.8. The fraction of sp³-hybridized carbons (Fsp3) is 0.793. The minimum Gasteiger partial charge on any atom is -0.756 e. The monoisotopic (exact) mass is 976 g/mol. The van der Waals surface area contributed by atoms with E-state index in [-0.39, 0.29) is 32.0 Å². The predicted octanol–water partition coefficient (Wildman–Crippen LogP) is 16.5. The van der Waals surface area contributed by atoms with Gasteiger partial charge in [0.25, 0.3) is 7.82 Å². The fourth-order valence-electron chi connectivity index (χ4n) is 7.74. The molecule has 9 nitrogen and oxygen atoms in total. The van der Waals surface area contributed by atoms with Crippen LogP contribution in [-0.2, 0) is 32.7 Å². The second-order valence-corrected chi connectivity index (χ2v) is 21.3. The molecule has 0 aliphatic rings. The molecule has 0 bridgehead atoms. The molecule has 0 fully saturated rings. The molecule has 396 valence electrons. The van der Waals surface area contributed by atoms with Crippen molar-refractivity contribution in [1.82, 2.24) is 0 Å². The molecule has 0 saturated carbocycles. The van der Waals surface area contributed by atoms with Crippen LogP contribution < -0.4 is 4.89 Å². The van der Waals surface area contributed by atoms with Gasteiger partial charge in [-0.1, -0.05) is 235 Å². The molecule has 0 heterocycles. The third-order valence-electron chi connectivity index (χ3n) is 12.1. The fourth-order valence-corrected chi connectivity index (χ4v) is 8.47. The number of hydrogen-bond donors (Lipinski definition) is 0. The molecule has 2 atom stereocenters. The van der Waals surface area contributed by atoms with Gasteiger partial charge in [0.2, 0.25) is 0 Å². The van der Waals surface area contributed by atoms with E-state index in [1.165, 1.54) is 141 Å². The zero-order chi connectivity index (χ0) is 49.9. The largest absolute Gasteiger partial charge is 0.756 e. The maximum Gasteiger partial charge on any atom is 0.306 e. The highest BCUT2D eigenvalue weighted by Gasteiger charge is 2.21. The molecule has 0 aromatic heterocycles. The molecule has 0 aliphatic carbocycles. The molecule has 0 aliphatic heterocycles. The average Bonchev–Trinajstić information content (AvgIpc) is 3.30. The molecular formula is C58H106NO8P. The van der Waals surface area contributed by atoms with Crippen LogP contribution in [0, 0.1) is 0 Å². The Labute approximate surface area is 419 Å². The average molecular weight is 976 g/mol. The van der Waals surface area contributed by atoms with Gasteiger partial charge >= 0.3 is 11.9 Å². The summed E-state index contributed by atoms with van der Waals surface area (Å²) in [5.41, 5.74) is 0. The SMILES string of the molecule is CC/C=C\C/C=C\C/C=C\C/C=C\C/C=C\CCCCCCCCCCCCCCCCCCCC(=O)OC(COC(=O)CCCCCCCCCCCCC)COP(=O)([O-])OCC[N+](C)(C)C. The number of unbranched alkanes of at least 4 members (excludes halogenated alkanes) is 27. The van der Waals surface area contributed by atoms with Crippen molar-refractivity contribution in [2.24, 2.45) is 0 Å². The molecule has 0 aromatic carbocycles. The minimum absolute atomic E-state index is 0.0298. The Balaban J connectivity index is 4.00. The second-order valence-electron chi connectivity index (χ2n) is 19.9. The zero-order valence-corrected chi connectivity index (χ0v) is 45.7. The van der Waals surface area contributed by atoms with E-state index in [4.69, 9.17) is 18.5 Å². The number of phosphoric acid groups is 1. The topological polar surface area (TPSA) is 111 Å². The van der Waals surface area contributed by atoms with Gasteiger partial charge < -0.3 is 27.9 Å². The van der Waals surface area contributed by atoms with Crippen molar-refractivity contribution in [3.8, 4) is 0 Å². The number of hydrogen-bond acceptors (Lipinski definition) is 8. The molecule has 0 saturated heterocycles. The third-order valence-corrected chi connectivity index (χ3v) is 13.0. The standard InChI is InChI=1S/C58H106NO8P/c1-6-8-10-12-14-16-18-19-20-21-22-23-24-25-26-27-28-29-30-31-32-33-34-35-36-37-38-39-41-43-45-47-49-51-58(61)67-56(55-66-68(62,63)65-53-52-59(3,4)5)54-64-57(60)50-48-46-44-42-40-17-15-13-11-9-7-2/h8,10,14,16,19-20,22-23,25-26,56H,6-7,9,11-13,15,17-18,21,24,27-55H2,1-5H3/b10-8-,16-14-,20-19-,23-22-,26-25-. The van der Waals surface area contributed by atoms with Gasteiger partial charge in [0.1, 0.15) is 19.8 Å². The van der Waals surface area contributed by atoms with Gasteiger partial charge in [-0.05, 0) is 57.8 Å². The molecule has 0 rings (SSSR count). The lowest BCUT2D eigenvalue weighted by Crippen LogP contribution is -2.37. The van der Waals surface area contributed by atoms with Crippen molar-refractivity contribution < 1.29 is 42.1 Å². The summed E-state index contributed by atoms with van der Waals surface area (Å²) in [6.07, 6.45) is 62.8. The van der Waals surface area contributed by atoms with Crippen molar-refractivity contribution >= 4 is 19.8 Å². The first-order valence-corrected chi connectivity index (χ1v) is 29.5. The van der Waals surface area contributed by atoms with Gasteiger partial charge in [0.15, 0.2) is 6.10 Å². The van der Waals surface area contributed by atoms with Gasteiger partial charge in [-0.2, -0.15) is 0 Å². The smallest absolute Gasteiger partial charge is 0.306 e. The van der Waals surface area contributed by atoms with E-state index >= 15 is 0 Å². The number of carbonyl (C=O) groups is 2. The van der Waals surface area contributed by atoms with Crippen LogP contribution in [0.4, 0.5) is 0 Å². The number of carbonyl (C=O) groups excluding carboxylic acids is 2. The highest BCUT2D eigenvalue weighted by Crippen LogP contribution is 2.38. The Morgan fingerprint density at radius 2 is 0.838 bits per heavy atom.